The quantitative estimate of drug-likeness (QED) is 0.603. The van der Waals surface area contributed by atoms with E-state index >= 15 is 0 Å². The molecule has 0 aliphatic carbocycles. The molecule has 0 fully saturated rings. The van der Waals surface area contributed by atoms with E-state index < -0.39 is 0 Å². The molecule has 1 unspecified atom stereocenters. The van der Waals surface area contributed by atoms with Crippen molar-refractivity contribution >= 4 is 0 Å². The summed E-state index contributed by atoms with van der Waals surface area (Å²) >= 11 is 0. The van der Waals surface area contributed by atoms with Gasteiger partial charge in [0.2, 0.25) is 0 Å². The van der Waals surface area contributed by atoms with E-state index in [4.69, 9.17) is 11.2 Å². The summed E-state index contributed by atoms with van der Waals surface area (Å²) in [6, 6.07) is 7.72. The maximum Gasteiger partial charge on any atom is 0.119 e. The molecule has 0 radical (unpaired) electrons. The third-order valence-corrected chi connectivity index (χ3v) is 3.38. The zero-order valence-electron chi connectivity index (χ0n) is 12.5. The predicted molar refractivity (Wildman–Crippen MR) is 82.3 cm³/mol. The van der Waals surface area contributed by atoms with Gasteiger partial charge in [-0.05, 0) is 42.5 Å². The van der Waals surface area contributed by atoms with E-state index in [1.807, 2.05) is 24.3 Å². The van der Waals surface area contributed by atoms with Gasteiger partial charge in [0.1, 0.15) is 5.75 Å². The summed E-state index contributed by atoms with van der Waals surface area (Å²) in [6.45, 7) is 7.67. The van der Waals surface area contributed by atoms with E-state index in [9.17, 15) is 0 Å². The minimum Gasteiger partial charge on any atom is -0.494 e. The van der Waals surface area contributed by atoms with Crippen molar-refractivity contribution in [3.63, 3.8) is 0 Å². The average Bonchev–Trinajstić information content (AvgIpc) is 2.39. The van der Waals surface area contributed by atoms with Gasteiger partial charge in [-0.25, -0.2) is 0 Å². The molecular formula is C18H26O. The van der Waals surface area contributed by atoms with Gasteiger partial charge in [-0.2, -0.15) is 0 Å². The van der Waals surface area contributed by atoms with E-state index in [1.54, 1.807) is 0 Å². The number of hydrogen-bond acceptors (Lipinski definition) is 1. The van der Waals surface area contributed by atoms with Crippen LogP contribution in [0.25, 0.3) is 0 Å². The molecule has 1 heteroatoms. The number of hydrogen-bond donors (Lipinski definition) is 0. The molecule has 0 saturated heterocycles. The summed E-state index contributed by atoms with van der Waals surface area (Å²) in [6.07, 6.45) is 10.4. The first kappa shape index (κ1) is 15.6. The molecule has 1 aromatic carbocycles. The maximum absolute atomic E-state index is 5.73. The Morgan fingerprint density at radius 2 is 1.74 bits per heavy atom. The molecule has 1 rings (SSSR count). The summed E-state index contributed by atoms with van der Waals surface area (Å²) in [5.74, 6) is 5.07. The van der Waals surface area contributed by atoms with Crippen molar-refractivity contribution in [2.75, 3.05) is 6.61 Å². The second-order valence-corrected chi connectivity index (χ2v) is 5.74. The fourth-order valence-corrected chi connectivity index (χ4v) is 2.04. The van der Waals surface area contributed by atoms with Gasteiger partial charge < -0.3 is 4.74 Å². The van der Waals surface area contributed by atoms with Gasteiger partial charge in [0.25, 0.3) is 0 Å². The Balaban J connectivity index is 2.17. The van der Waals surface area contributed by atoms with Gasteiger partial charge in [0.15, 0.2) is 0 Å². The Hall–Kier alpha value is -1.42. The molecule has 0 aliphatic heterocycles. The molecule has 0 spiro atoms. The summed E-state index contributed by atoms with van der Waals surface area (Å²) in [5, 5.41) is 0. The zero-order valence-corrected chi connectivity index (χ0v) is 12.5. The maximum atomic E-state index is 5.73. The highest BCUT2D eigenvalue weighted by atomic mass is 16.5. The number of rotatable bonds is 8. The van der Waals surface area contributed by atoms with Crippen LogP contribution < -0.4 is 4.74 Å². The standard InChI is InChI=1S/C18H26O/c1-5-17-9-11-18(12-10-17)19-14-13-16(4)8-6-7-15(2)3/h1,9-12,15-16H,6-8,13-14H2,2-4H3. The molecule has 1 aromatic rings. The molecule has 0 bridgehead atoms. The van der Waals surface area contributed by atoms with Crippen LogP contribution in [0.3, 0.4) is 0 Å². The molecule has 19 heavy (non-hydrogen) atoms. The molecule has 104 valence electrons. The molecule has 1 atom stereocenters. The lowest BCUT2D eigenvalue weighted by atomic mass is 9.98. The van der Waals surface area contributed by atoms with Crippen LogP contribution in [0.15, 0.2) is 24.3 Å². The molecule has 0 N–H and O–H groups in total. The Labute approximate surface area is 118 Å². The van der Waals surface area contributed by atoms with Crippen molar-refractivity contribution in [3.05, 3.63) is 29.8 Å². The largest absolute Gasteiger partial charge is 0.494 e. The Bertz CT molecular complexity index is 383. The highest BCUT2D eigenvalue weighted by Gasteiger charge is 2.04. The predicted octanol–water partition coefficient (Wildman–Crippen LogP) is 4.90. The summed E-state index contributed by atoms with van der Waals surface area (Å²) in [5.41, 5.74) is 0.898. The highest BCUT2D eigenvalue weighted by Crippen LogP contribution is 2.17. The molecule has 0 amide bonds. The van der Waals surface area contributed by atoms with Crippen LogP contribution in [0.1, 0.15) is 52.0 Å². The monoisotopic (exact) mass is 258 g/mol. The summed E-state index contributed by atoms with van der Waals surface area (Å²) in [4.78, 5) is 0. The van der Waals surface area contributed by atoms with Crippen LogP contribution in [0, 0.1) is 24.2 Å². The van der Waals surface area contributed by atoms with Crippen molar-refractivity contribution in [2.45, 2.75) is 46.5 Å². The van der Waals surface area contributed by atoms with E-state index in [-0.39, 0.29) is 0 Å². The van der Waals surface area contributed by atoms with Gasteiger partial charge in [0.05, 0.1) is 6.61 Å². The van der Waals surface area contributed by atoms with Crippen LogP contribution in [-0.4, -0.2) is 6.61 Å². The van der Waals surface area contributed by atoms with Crippen molar-refractivity contribution in [1.29, 1.82) is 0 Å². The Morgan fingerprint density at radius 1 is 1.05 bits per heavy atom. The van der Waals surface area contributed by atoms with Gasteiger partial charge in [-0.15, -0.1) is 6.42 Å². The molecule has 0 heterocycles. The minimum atomic E-state index is 0.740. The van der Waals surface area contributed by atoms with Crippen LogP contribution in [0.5, 0.6) is 5.75 Å². The molecule has 0 aliphatic rings. The first-order valence-electron chi connectivity index (χ1n) is 7.31. The molecule has 0 saturated carbocycles. The van der Waals surface area contributed by atoms with E-state index in [1.165, 1.54) is 19.3 Å². The first-order valence-corrected chi connectivity index (χ1v) is 7.31. The van der Waals surface area contributed by atoms with E-state index in [0.29, 0.717) is 0 Å². The average molecular weight is 258 g/mol. The lowest BCUT2D eigenvalue weighted by molar-refractivity contribution is 0.275. The van der Waals surface area contributed by atoms with Crippen LogP contribution in [-0.2, 0) is 0 Å². The van der Waals surface area contributed by atoms with Crippen molar-refractivity contribution in [3.8, 4) is 18.1 Å². The highest BCUT2D eigenvalue weighted by molar-refractivity contribution is 5.36. The number of ether oxygens (including phenoxy) is 1. The smallest absolute Gasteiger partial charge is 0.119 e. The van der Waals surface area contributed by atoms with Gasteiger partial charge in [-0.1, -0.05) is 46.0 Å². The van der Waals surface area contributed by atoms with E-state index in [2.05, 4.69) is 26.7 Å². The second kappa shape index (κ2) is 8.64. The van der Waals surface area contributed by atoms with Crippen LogP contribution in [0.2, 0.25) is 0 Å². The van der Waals surface area contributed by atoms with Crippen LogP contribution >= 0.6 is 0 Å². The molecule has 0 aromatic heterocycles. The second-order valence-electron chi connectivity index (χ2n) is 5.74. The third-order valence-electron chi connectivity index (χ3n) is 3.38. The fourth-order valence-electron chi connectivity index (χ4n) is 2.04. The first-order chi connectivity index (χ1) is 9.11. The number of terminal acetylenes is 1. The molecular weight excluding hydrogens is 232 g/mol. The van der Waals surface area contributed by atoms with Gasteiger partial charge in [0, 0.05) is 5.56 Å². The Morgan fingerprint density at radius 3 is 2.32 bits per heavy atom. The molecule has 1 nitrogen and oxygen atoms in total. The topological polar surface area (TPSA) is 9.23 Å². The van der Waals surface area contributed by atoms with E-state index in [0.717, 1.165) is 36.2 Å². The Kier molecular flexibility index (Phi) is 7.11. The van der Waals surface area contributed by atoms with Crippen molar-refractivity contribution in [1.82, 2.24) is 0 Å². The van der Waals surface area contributed by atoms with Gasteiger partial charge >= 0.3 is 0 Å². The summed E-state index contributed by atoms with van der Waals surface area (Å²) in [7, 11) is 0. The normalized spacial score (nSPS) is 12.2. The summed E-state index contributed by atoms with van der Waals surface area (Å²) < 4.78 is 5.73. The third kappa shape index (κ3) is 6.91. The lowest BCUT2D eigenvalue weighted by Crippen LogP contribution is -2.04. The fraction of sp³-hybridized carbons (Fsp3) is 0.556. The SMILES string of the molecule is C#Cc1ccc(OCCC(C)CCCC(C)C)cc1. The van der Waals surface area contributed by atoms with Crippen molar-refractivity contribution in [2.24, 2.45) is 11.8 Å². The van der Waals surface area contributed by atoms with Gasteiger partial charge in [-0.3, -0.25) is 0 Å². The number of benzene rings is 1. The van der Waals surface area contributed by atoms with Crippen molar-refractivity contribution < 1.29 is 4.74 Å². The van der Waals surface area contributed by atoms with Crippen LogP contribution in [0.4, 0.5) is 0 Å². The minimum absolute atomic E-state index is 0.740. The zero-order chi connectivity index (χ0) is 14.1. The lowest BCUT2D eigenvalue weighted by Gasteiger charge is -2.13.